The number of carbonyl (C=O) groups excluding carboxylic acids is 1. The van der Waals surface area contributed by atoms with Gasteiger partial charge in [0.1, 0.15) is 0 Å². The minimum Gasteiger partial charge on any atom is -0.481 e. The van der Waals surface area contributed by atoms with Gasteiger partial charge in [-0.1, -0.05) is 0 Å². The highest BCUT2D eigenvalue weighted by Gasteiger charge is 2.61. The summed E-state index contributed by atoms with van der Waals surface area (Å²) >= 11 is 0. The van der Waals surface area contributed by atoms with Gasteiger partial charge >= 0.3 is 18.0 Å². The molecule has 7 heteroatoms. The molecular weight excluding hydrogens is 242 g/mol. The average Bonchev–Trinajstić information content (AvgIpc) is 2.83. The molecule has 0 spiro atoms. The van der Waals surface area contributed by atoms with E-state index in [1.54, 1.807) is 6.92 Å². The molecule has 0 aliphatic carbocycles. The van der Waals surface area contributed by atoms with Crippen molar-refractivity contribution in [1.29, 1.82) is 0 Å². The first-order chi connectivity index (χ1) is 8.49. The lowest BCUT2D eigenvalue weighted by Crippen LogP contribution is -2.38. The second kappa shape index (κ2) is 4.47. The molecule has 2 bridgehead atoms. The Kier molecular flexibility index (Phi) is 3.14. The number of hydrogen-bond donors (Lipinski definition) is 2. The van der Waals surface area contributed by atoms with Gasteiger partial charge in [0.25, 0.3) is 0 Å². The molecule has 2 N–H and O–H groups in total. The summed E-state index contributed by atoms with van der Waals surface area (Å²) in [6.07, 6.45) is 0.425. The second-order valence-corrected chi connectivity index (χ2v) is 4.55. The van der Waals surface area contributed by atoms with Crippen molar-refractivity contribution in [2.24, 2.45) is 11.8 Å². The van der Waals surface area contributed by atoms with Crippen LogP contribution in [-0.4, -0.2) is 51.8 Å². The van der Waals surface area contributed by atoms with E-state index in [0.29, 0.717) is 12.8 Å². The highest BCUT2D eigenvalue weighted by Crippen LogP contribution is 2.46. The first kappa shape index (κ1) is 12.7. The molecule has 2 heterocycles. The first-order valence-corrected chi connectivity index (χ1v) is 5.89. The summed E-state index contributed by atoms with van der Waals surface area (Å²) in [6.45, 7) is 1.84. The number of hydrogen-bond acceptors (Lipinski definition) is 4. The van der Waals surface area contributed by atoms with Gasteiger partial charge in [0, 0.05) is 12.1 Å². The molecule has 4 unspecified atom stereocenters. The highest BCUT2D eigenvalue weighted by molar-refractivity contribution is 5.85. The molecule has 4 atom stereocenters. The molecule has 18 heavy (non-hydrogen) atoms. The lowest BCUT2D eigenvalue weighted by Gasteiger charge is -2.21. The fourth-order valence-corrected chi connectivity index (χ4v) is 3.15. The van der Waals surface area contributed by atoms with Crippen molar-refractivity contribution in [3.8, 4) is 0 Å². The molecule has 2 aliphatic heterocycles. The number of amides is 1. The Morgan fingerprint density at radius 2 is 1.56 bits per heavy atom. The van der Waals surface area contributed by atoms with Crippen molar-refractivity contribution in [2.45, 2.75) is 31.8 Å². The molecule has 0 radical (unpaired) electrons. The van der Waals surface area contributed by atoms with Crippen LogP contribution in [0, 0.1) is 11.8 Å². The summed E-state index contributed by atoms with van der Waals surface area (Å²) in [5.74, 6) is -4.40. The summed E-state index contributed by atoms with van der Waals surface area (Å²) in [5, 5.41) is 18.3. The van der Waals surface area contributed by atoms with E-state index in [9.17, 15) is 14.4 Å². The van der Waals surface area contributed by atoms with Gasteiger partial charge in [-0.15, -0.1) is 0 Å². The zero-order chi connectivity index (χ0) is 13.4. The fourth-order valence-electron chi connectivity index (χ4n) is 3.15. The number of aliphatic carboxylic acids is 2. The number of carboxylic acid groups (broad SMARTS) is 2. The average molecular weight is 257 g/mol. The molecule has 2 aliphatic rings. The van der Waals surface area contributed by atoms with E-state index in [1.165, 1.54) is 4.90 Å². The van der Waals surface area contributed by atoms with Crippen LogP contribution < -0.4 is 0 Å². The maximum absolute atomic E-state index is 11.8. The van der Waals surface area contributed by atoms with Gasteiger partial charge in [-0.2, -0.15) is 0 Å². The van der Waals surface area contributed by atoms with Gasteiger partial charge in [0.15, 0.2) is 0 Å². The topological polar surface area (TPSA) is 104 Å². The summed E-state index contributed by atoms with van der Waals surface area (Å²) in [7, 11) is 0. The van der Waals surface area contributed by atoms with Gasteiger partial charge in [0.2, 0.25) is 0 Å². The molecule has 2 rings (SSSR count). The van der Waals surface area contributed by atoms with Crippen molar-refractivity contribution in [3.05, 3.63) is 0 Å². The summed E-state index contributed by atoms with van der Waals surface area (Å²) in [5.41, 5.74) is 0. The Morgan fingerprint density at radius 3 is 1.89 bits per heavy atom. The van der Waals surface area contributed by atoms with Crippen LogP contribution in [0.2, 0.25) is 0 Å². The minimum atomic E-state index is -1.16. The number of carbonyl (C=O) groups is 3. The van der Waals surface area contributed by atoms with E-state index in [-0.39, 0.29) is 6.61 Å². The third kappa shape index (κ3) is 1.70. The molecule has 2 saturated heterocycles. The standard InChI is InChI=1S/C11H15NO6/c1-2-18-11(17)12-5-3-4-6(12)8(10(15)16)7(5)9(13)14/h5-8H,2-4H2,1H3,(H,13,14)(H,15,16). The van der Waals surface area contributed by atoms with E-state index >= 15 is 0 Å². The molecule has 0 aromatic rings. The van der Waals surface area contributed by atoms with E-state index < -0.39 is 42.0 Å². The van der Waals surface area contributed by atoms with E-state index in [2.05, 4.69) is 0 Å². The Morgan fingerprint density at radius 1 is 1.11 bits per heavy atom. The van der Waals surface area contributed by atoms with Crippen molar-refractivity contribution >= 4 is 18.0 Å². The van der Waals surface area contributed by atoms with Crippen LogP contribution in [0.3, 0.4) is 0 Å². The Labute approximate surface area is 103 Å². The first-order valence-electron chi connectivity index (χ1n) is 5.89. The van der Waals surface area contributed by atoms with Crippen LogP contribution in [0.1, 0.15) is 19.8 Å². The largest absolute Gasteiger partial charge is 0.481 e. The van der Waals surface area contributed by atoms with Gasteiger partial charge in [-0.05, 0) is 19.8 Å². The predicted octanol–water partition coefficient (Wildman–Crippen LogP) is 0.391. The summed E-state index contributed by atoms with van der Waals surface area (Å²) in [6, 6.07) is -1.12. The van der Waals surface area contributed by atoms with Crippen LogP contribution >= 0.6 is 0 Å². The number of ether oxygens (including phenoxy) is 1. The van der Waals surface area contributed by atoms with Gasteiger partial charge in [-0.25, -0.2) is 4.79 Å². The maximum Gasteiger partial charge on any atom is 0.410 e. The van der Waals surface area contributed by atoms with Crippen LogP contribution in [-0.2, 0) is 14.3 Å². The van der Waals surface area contributed by atoms with Crippen LogP contribution in [0.4, 0.5) is 4.79 Å². The molecule has 100 valence electrons. The molecule has 0 saturated carbocycles. The second-order valence-electron chi connectivity index (χ2n) is 4.55. The number of fused-ring (bicyclic) bond motifs is 2. The maximum atomic E-state index is 11.8. The van der Waals surface area contributed by atoms with E-state index in [4.69, 9.17) is 14.9 Å². The molecule has 1 amide bonds. The SMILES string of the molecule is CCOC(=O)N1C2CCC1C(C(=O)O)C2C(=O)O. The molecule has 0 aromatic heterocycles. The Hall–Kier alpha value is -1.79. The normalized spacial score (nSPS) is 33.5. The van der Waals surface area contributed by atoms with Crippen LogP contribution in [0.25, 0.3) is 0 Å². The third-order valence-corrected chi connectivity index (χ3v) is 3.74. The number of nitrogens with zero attached hydrogens (tertiary/aromatic N) is 1. The van der Waals surface area contributed by atoms with Crippen molar-refractivity contribution in [1.82, 2.24) is 4.90 Å². The molecule has 7 nitrogen and oxygen atoms in total. The van der Waals surface area contributed by atoms with E-state index in [1.807, 2.05) is 0 Å². The van der Waals surface area contributed by atoms with Crippen molar-refractivity contribution < 1.29 is 29.3 Å². The molecule has 0 aromatic carbocycles. The highest BCUT2D eigenvalue weighted by atomic mass is 16.6. The van der Waals surface area contributed by atoms with Crippen LogP contribution in [0.5, 0.6) is 0 Å². The van der Waals surface area contributed by atoms with Crippen molar-refractivity contribution in [3.63, 3.8) is 0 Å². The van der Waals surface area contributed by atoms with Gasteiger partial charge in [0.05, 0.1) is 18.4 Å². The predicted molar refractivity (Wildman–Crippen MR) is 57.9 cm³/mol. The van der Waals surface area contributed by atoms with Gasteiger partial charge < -0.3 is 19.8 Å². The van der Waals surface area contributed by atoms with Crippen LogP contribution in [0.15, 0.2) is 0 Å². The zero-order valence-corrected chi connectivity index (χ0v) is 9.91. The Bertz CT molecular complexity index is 367. The third-order valence-electron chi connectivity index (χ3n) is 3.74. The number of carboxylic acids is 2. The molecule has 2 fully saturated rings. The number of rotatable bonds is 3. The minimum absolute atomic E-state index is 0.185. The lowest BCUT2D eigenvalue weighted by molar-refractivity contribution is -0.154. The molecular formula is C11H15NO6. The smallest absolute Gasteiger partial charge is 0.410 e. The van der Waals surface area contributed by atoms with E-state index in [0.717, 1.165) is 0 Å². The fraction of sp³-hybridized carbons (Fsp3) is 0.727. The van der Waals surface area contributed by atoms with Gasteiger partial charge in [-0.3, -0.25) is 9.59 Å². The zero-order valence-electron chi connectivity index (χ0n) is 9.91. The summed E-state index contributed by atoms with van der Waals surface area (Å²) in [4.78, 5) is 35.4. The van der Waals surface area contributed by atoms with Crippen molar-refractivity contribution in [2.75, 3.05) is 6.61 Å². The lowest BCUT2D eigenvalue weighted by atomic mass is 9.79. The summed E-state index contributed by atoms with van der Waals surface area (Å²) < 4.78 is 4.86. The quantitative estimate of drug-likeness (QED) is 0.758. The monoisotopic (exact) mass is 257 g/mol. The Balaban J connectivity index is 2.29.